The molecule has 0 saturated carbocycles. The molecule has 0 fully saturated rings. The molecule has 0 unspecified atom stereocenters. The van der Waals surface area contributed by atoms with Crippen LogP contribution in [-0.4, -0.2) is 12.4 Å². The summed E-state index contributed by atoms with van der Waals surface area (Å²) in [5.74, 6) is 1.10. The van der Waals surface area contributed by atoms with Crippen molar-refractivity contribution in [1.82, 2.24) is 0 Å². The summed E-state index contributed by atoms with van der Waals surface area (Å²) < 4.78 is 5.58. The third-order valence-corrected chi connectivity index (χ3v) is 6.53. The van der Waals surface area contributed by atoms with Gasteiger partial charge in [-0.05, 0) is 60.7 Å². The maximum atomic E-state index is 13.6. The number of fused-ring (bicyclic) bond motifs is 1. The number of rotatable bonds is 4. The summed E-state index contributed by atoms with van der Waals surface area (Å²) in [4.78, 5) is 13.6. The summed E-state index contributed by atoms with van der Waals surface area (Å²) in [6, 6.07) is 23.6. The molecule has 162 valence electrons. The summed E-state index contributed by atoms with van der Waals surface area (Å²) in [6.07, 6.45) is 1.22. The highest BCUT2D eigenvalue weighted by molar-refractivity contribution is 6.31. The van der Waals surface area contributed by atoms with Gasteiger partial charge in [-0.25, -0.2) is 0 Å². The number of allylic oxidation sites excluding steroid dienone is 1. The molecule has 5 heteroatoms. The molecule has 32 heavy (non-hydrogen) atoms. The van der Waals surface area contributed by atoms with Crippen molar-refractivity contribution < 1.29 is 9.53 Å². The minimum atomic E-state index is -0.302. The van der Waals surface area contributed by atoms with Gasteiger partial charge in [-0.1, -0.05) is 54.1 Å². The lowest BCUT2D eigenvalue weighted by molar-refractivity contribution is -0.116. The first-order chi connectivity index (χ1) is 15.6. The molecular weight excluding hydrogens is 420 g/mol. The number of carbonyl (C=O) groups is 1. The van der Waals surface area contributed by atoms with Crippen LogP contribution < -0.4 is 15.4 Å². The Morgan fingerprint density at radius 1 is 0.938 bits per heavy atom. The normalized spacial score (nSPS) is 19.9. The highest BCUT2D eigenvalue weighted by Gasteiger charge is 2.36. The number of carbonyl (C=O) groups excluding carboxylic acids is 1. The standard InChI is InChI=1S/C27H25ClN2O2/c1-2-32-19-13-11-17(12-14-19)18-15-24-26(25(31)16-18)27(20-7-3-4-8-21(20)28)30-23-10-6-5-9-22(23)29-24/h3-14,18,27,29-30H,2,15-16H2,1H3/t18-,27+/m1/s1. The Balaban J connectivity index is 1.56. The van der Waals surface area contributed by atoms with Crippen LogP contribution in [0.5, 0.6) is 5.75 Å². The Morgan fingerprint density at radius 2 is 1.66 bits per heavy atom. The zero-order valence-corrected chi connectivity index (χ0v) is 18.7. The van der Waals surface area contributed by atoms with Gasteiger partial charge in [0.15, 0.2) is 5.78 Å². The Morgan fingerprint density at radius 3 is 2.41 bits per heavy atom. The molecule has 0 aromatic heterocycles. The van der Waals surface area contributed by atoms with Crippen LogP contribution in [0.4, 0.5) is 11.4 Å². The van der Waals surface area contributed by atoms with Crippen LogP contribution in [0.1, 0.15) is 42.9 Å². The Labute approximate surface area is 193 Å². The van der Waals surface area contributed by atoms with Gasteiger partial charge in [-0.2, -0.15) is 0 Å². The van der Waals surface area contributed by atoms with E-state index in [9.17, 15) is 4.79 Å². The lowest BCUT2D eigenvalue weighted by Gasteiger charge is -2.30. The number of anilines is 2. The number of halogens is 1. The molecule has 1 aliphatic heterocycles. The smallest absolute Gasteiger partial charge is 0.163 e. The number of hydrogen-bond acceptors (Lipinski definition) is 4. The molecule has 0 radical (unpaired) electrons. The van der Waals surface area contributed by atoms with Gasteiger partial charge in [0.1, 0.15) is 5.75 Å². The van der Waals surface area contributed by atoms with Gasteiger partial charge in [-0.15, -0.1) is 0 Å². The van der Waals surface area contributed by atoms with Crippen LogP contribution in [0.3, 0.4) is 0 Å². The van der Waals surface area contributed by atoms with Gasteiger partial charge in [0, 0.05) is 22.7 Å². The van der Waals surface area contributed by atoms with E-state index in [1.165, 1.54) is 0 Å². The first-order valence-electron chi connectivity index (χ1n) is 11.0. The molecular formula is C27H25ClN2O2. The number of ether oxygens (including phenoxy) is 1. The van der Waals surface area contributed by atoms with E-state index in [4.69, 9.17) is 16.3 Å². The Hall–Kier alpha value is -3.24. The molecule has 0 spiro atoms. The van der Waals surface area contributed by atoms with Crippen molar-refractivity contribution in [3.8, 4) is 5.75 Å². The molecule has 1 heterocycles. The monoisotopic (exact) mass is 444 g/mol. The molecule has 5 rings (SSSR count). The van der Waals surface area contributed by atoms with E-state index in [0.29, 0.717) is 18.1 Å². The highest BCUT2D eigenvalue weighted by Crippen LogP contribution is 2.45. The predicted octanol–water partition coefficient (Wildman–Crippen LogP) is 6.72. The second-order valence-corrected chi connectivity index (χ2v) is 8.60. The van der Waals surface area contributed by atoms with E-state index in [1.807, 2.05) is 67.6 Å². The van der Waals surface area contributed by atoms with Gasteiger partial charge in [0.2, 0.25) is 0 Å². The number of hydrogen-bond donors (Lipinski definition) is 2. The second-order valence-electron chi connectivity index (χ2n) is 8.19. The summed E-state index contributed by atoms with van der Waals surface area (Å²) in [5.41, 5.74) is 5.72. The van der Waals surface area contributed by atoms with Crippen molar-refractivity contribution in [1.29, 1.82) is 0 Å². The van der Waals surface area contributed by atoms with Gasteiger partial charge in [-0.3, -0.25) is 4.79 Å². The number of para-hydroxylation sites is 2. The van der Waals surface area contributed by atoms with Gasteiger partial charge < -0.3 is 15.4 Å². The quantitative estimate of drug-likeness (QED) is 0.469. The third-order valence-electron chi connectivity index (χ3n) is 6.19. The third kappa shape index (κ3) is 3.87. The highest BCUT2D eigenvalue weighted by atomic mass is 35.5. The lowest BCUT2D eigenvalue weighted by atomic mass is 9.78. The molecule has 3 aromatic carbocycles. The van der Waals surface area contributed by atoms with Gasteiger partial charge in [0.05, 0.1) is 24.0 Å². The van der Waals surface area contributed by atoms with Crippen LogP contribution in [0.15, 0.2) is 84.1 Å². The van der Waals surface area contributed by atoms with Crippen LogP contribution in [0.25, 0.3) is 0 Å². The fourth-order valence-corrected chi connectivity index (χ4v) is 4.92. The minimum Gasteiger partial charge on any atom is -0.494 e. The van der Waals surface area contributed by atoms with E-state index in [0.717, 1.165) is 45.9 Å². The number of benzene rings is 3. The zero-order valence-electron chi connectivity index (χ0n) is 17.9. The molecule has 4 nitrogen and oxygen atoms in total. The first-order valence-corrected chi connectivity index (χ1v) is 11.4. The SMILES string of the molecule is CCOc1ccc([C@H]2CC(=O)C3=C(C2)Nc2ccccc2N[C@H]3c2ccccc2Cl)cc1. The van der Waals surface area contributed by atoms with Crippen LogP contribution in [0, 0.1) is 0 Å². The van der Waals surface area contributed by atoms with Crippen molar-refractivity contribution in [3.63, 3.8) is 0 Å². The molecule has 2 N–H and O–H groups in total. The Kier molecular flexibility index (Phi) is 5.62. The fourth-order valence-electron chi connectivity index (χ4n) is 4.67. The summed E-state index contributed by atoms with van der Waals surface area (Å²) in [6.45, 7) is 2.61. The number of ketones is 1. The molecule has 0 amide bonds. The van der Waals surface area contributed by atoms with E-state index < -0.39 is 0 Å². The summed E-state index contributed by atoms with van der Waals surface area (Å²) in [5, 5.41) is 7.80. The average molecular weight is 445 g/mol. The van der Waals surface area contributed by atoms with Crippen LogP contribution >= 0.6 is 11.6 Å². The van der Waals surface area contributed by atoms with Gasteiger partial charge >= 0.3 is 0 Å². The number of Topliss-reactive ketones (excluding diaryl/α,β-unsaturated/α-hetero) is 1. The van der Waals surface area contributed by atoms with Crippen molar-refractivity contribution >= 4 is 28.8 Å². The molecule has 2 aliphatic rings. The lowest BCUT2D eigenvalue weighted by Crippen LogP contribution is -2.27. The maximum absolute atomic E-state index is 13.6. The summed E-state index contributed by atoms with van der Waals surface area (Å²) >= 11 is 6.58. The number of nitrogens with one attached hydrogen (secondary N) is 2. The van der Waals surface area contributed by atoms with Crippen molar-refractivity contribution in [2.75, 3.05) is 17.2 Å². The van der Waals surface area contributed by atoms with Crippen LogP contribution in [-0.2, 0) is 4.79 Å². The van der Waals surface area contributed by atoms with Gasteiger partial charge in [0.25, 0.3) is 0 Å². The maximum Gasteiger partial charge on any atom is 0.163 e. The molecule has 0 saturated heterocycles. The largest absolute Gasteiger partial charge is 0.494 e. The van der Waals surface area contributed by atoms with Crippen molar-refractivity contribution in [2.24, 2.45) is 0 Å². The topological polar surface area (TPSA) is 50.4 Å². The summed E-state index contributed by atoms with van der Waals surface area (Å²) in [7, 11) is 0. The zero-order chi connectivity index (χ0) is 22.1. The van der Waals surface area contributed by atoms with E-state index in [2.05, 4.69) is 22.8 Å². The minimum absolute atomic E-state index is 0.113. The van der Waals surface area contributed by atoms with E-state index in [1.54, 1.807) is 0 Å². The van der Waals surface area contributed by atoms with E-state index in [-0.39, 0.29) is 17.7 Å². The molecule has 2 atom stereocenters. The molecule has 3 aromatic rings. The first kappa shape index (κ1) is 20.7. The average Bonchev–Trinajstić information content (AvgIpc) is 2.97. The second kappa shape index (κ2) is 8.71. The molecule has 1 aliphatic carbocycles. The molecule has 0 bridgehead atoms. The van der Waals surface area contributed by atoms with Crippen LogP contribution in [0.2, 0.25) is 5.02 Å². The fraction of sp³-hybridized carbons (Fsp3) is 0.222. The predicted molar refractivity (Wildman–Crippen MR) is 129 cm³/mol. The Bertz CT molecular complexity index is 1190. The van der Waals surface area contributed by atoms with Crippen molar-refractivity contribution in [2.45, 2.75) is 31.7 Å². The van der Waals surface area contributed by atoms with Crippen molar-refractivity contribution in [3.05, 3.63) is 100 Å². The van der Waals surface area contributed by atoms with E-state index >= 15 is 0 Å².